The smallest absolute Gasteiger partial charge is 0.223 e. The number of anilines is 1. The molecular weight excluding hydrogens is 338 g/mol. The van der Waals surface area contributed by atoms with Crippen LogP contribution in [0.5, 0.6) is 0 Å². The monoisotopic (exact) mass is 361 g/mol. The molecule has 0 amide bonds. The molecule has 6 nitrogen and oxygen atoms in total. The average molecular weight is 361 g/mol. The first-order valence-electron chi connectivity index (χ1n) is 9.56. The van der Waals surface area contributed by atoms with E-state index < -0.39 is 0 Å². The van der Waals surface area contributed by atoms with E-state index in [1.54, 1.807) is 0 Å². The molecule has 1 fully saturated rings. The number of nitrogens with zero attached hydrogens (tertiary/aromatic N) is 3. The Morgan fingerprint density at radius 1 is 1.22 bits per heavy atom. The summed E-state index contributed by atoms with van der Waals surface area (Å²) >= 11 is 0. The Labute approximate surface area is 158 Å². The predicted octanol–water partition coefficient (Wildman–Crippen LogP) is 3.23. The fourth-order valence-electron chi connectivity index (χ4n) is 4.49. The van der Waals surface area contributed by atoms with Crippen molar-refractivity contribution in [3.63, 3.8) is 0 Å². The maximum Gasteiger partial charge on any atom is 0.223 e. The fourth-order valence-corrected chi connectivity index (χ4v) is 4.49. The quantitative estimate of drug-likeness (QED) is 0.746. The van der Waals surface area contributed by atoms with E-state index in [0.29, 0.717) is 12.5 Å². The lowest BCUT2D eigenvalue weighted by atomic mass is 9.64. The van der Waals surface area contributed by atoms with Gasteiger partial charge in [-0.2, -0.15) is 0 Å². The van der Waals surface area contributed by atoms with E-state index in [9.17, 15) is 0 Å². The molecule has 1 aliphatic heterocycles. The first-order chi connectivity index (χ1) is 13.2. The number of fused-ring (bicyclic) bond motifs is 4. The fraction of sp³-hybridized carbons (Fsp3) is 0.381. The Morgan fingerprint density at radius 2 is 2.07 bits per heavy atom. The maximum absolute atomic E-state index is 5.12. The van der Waals surface area contributed by atoms with E-state index in [1.165, 1.54) is 16.7 Å². The van der Waals surface area contributed by atoms with Crippen LogP contribution in [0, 0.1) is 6.92 Å². The zero-order chi connectivity index (χ0) is 18.3. The van der Waals surface area contributed by atoms with Crippen molar-refractivity contribution in [3.8, 4) is 11.3 Å². The minimum Gasteiger partial charge on any atom is -0.361 e. The summed E-state index contributed by atoms with van der Waals surface area (Å²) in [6.07, 6.45) is 5.34. The van der Waals surface area contributed by atoms with Gasteiger partial charge in [-0.25, -0.2) is 9.97 Å². The Morgan fingerprint density at radius 3 is 2.89 bits per heavy atom. The summed E-state index contributed by atoms with van der Waals surface area (Å²) in [6, 6.07) is 10.7. The first-order valence-corrected chi connectivity index (χ1v) is 9.56. The van der Waals surface area contributed by atoms with Gasteiger partial charge in [0.25, 0.3) is 0 Å². The van der Waals surface area contributed by atoms with Crippen LogP contribution < -0.4 is 10.6 Å². The van der Waals surface area contributed by atoms with Crippen LogP contribution in [0.2, 0.25) is 0 Å². The second-order valence-corrected chi connectivity index (χ2v) is 7.60. The summed E-state index contributed by atoms with van der Waals surface area (Å²) in [5.74, 6) is 1.44. The molecule has 27 heavy (non-hydrogen) atoms. The number of aryl methyl sites for hydroxylation is 1. The number of hydrogen-bond acceptors (Lipinski definition) is 6. The Balaban J connectivity index is 1.48. The van der Waals surface area contributed by atoms with E-state index in [2.05, 4.69) is 45.0 Å². The van der Waals surface area contributed by atoms with E-state index in [-0.39, 0.29) is 5.41 Å². The molecule has 1 saturated heterocycles. The van der Waals surface area contributed by atoms with Crippen molar-refractivity contribution in [1.82, 2.24) is 20.4 Å². The number of aromatic nitrogens is 3. The van der Waals surface area contributed by atoms with E-state index >= 15 is 0 Å². The van der Waals surface area contributed by atoms with E-state index in [0.717, 1.165) is 49.5 Å². The number of rotatable bonds is 3. The zero-order valence-electron chi connectivity index (χ0n) is 15.5. The van der Waals surface area contributed by atoms with Crippen molar-refractivity contribution >= 4 is 5.95 Å². The van der Waals surface area contributed by atoms with Gasteiger partial charge in [-0.15, -0.1) is 0 Å². The Hall–Kier alpha value is -2.73. The lowest BCUT2D eigenvalue weighted by Crippen LogP contribution is -2.43. The molecular formula is C21H23N5O. The van der Waals surface area contributed by atoms with Gasteiger partial charge in [0.05, 0.1) is 12.2 Å². The Bertz CT molecular complexity index is 974. The third-order valence-electron chi connectivity index (χ3n) is 5.81. The SMILES string of the molecule is Cc1cc(CNc2ncc3c(n2)-c2ccccc2C2(CCNCC2)C3)no1. The van der Waals surface area contributed by atoms with Crippen LogP contribution in [-0.4, -0.2) is 28.2 Å². The van der Waals surface area contributed by atoms with Crippen molar-refractivity contribution in [2.45, 2.75) is 38.1 Å². The molecule has 1 aromatic carbocycles. The molecule has 5 rings (SSSR count). The lowest BCUT2D eigenvalue weighted by Gasteiger charge is -2.42. The standard InChI is InChI=1S/C21H23N5O/c1-14-10-16(26-27-14)13-24-20-23-12-15-11-21(6-8-22-9-7-21)18-5-3-2-4-17(18)19(15)25-20/h2-5,10,12,22H,6-9,11,13H2,1H3,(H,23,24,25). The van der Waals surface area contributed by atoms with Crippen LogP contribution in [0.15, 0.2) is 41.1 Å². The highest BCUT2D eigenvalue weighted by Gasteiger charge is 2.40. The molecule has 2 N–H and O–H groups in total. The molecule has 6 heteroatoms. The van der Waals surface area contributed by atoms with Crippen LogP contribution in [-0.2, 0) is 18.4 Å². The number of hydrogen-bond donors (Lipinski definition) is 2. The molecule has 1 spiro atoms. The molecule has 3 aromatic rings. The van der Waals surface area contributed by atoms with Crippen molar-refractivity contribution in [1.29, 1.82) is 0 Å². The zero-order valence-corrected chi connectivity index (χ0v) is 15.5. The van der Waals surface area contributed by atoms with Gasteiger partial charge in [-0.3, -0.25) is 0 Å². The summed E-state index contributed by atoms with van der Waals surface area (Å²) < 4.78 is 5.12. The number of nitrogens with one attached hydrogen (secondary N) is 2. The topological polar surface area (TPSA) is 75.9 Å². The van der Waals surface area contributed by atoms with E-state index in [4.69, 9.17) is 9.51 Å². The highest BCUT2D eigenvalue weighted by molar-refractivity contribution is 5.72. The molecule has 138 valence electrons. The molecule has 0 bridgehead atoms. The highest BCUT2D eigenvalue weighted by atomic mass is 16.5. The third-order valence-corrected chi connectivity index (χ3v) is 5.81. The van der Waals surface area contributed by atoms with Crippen LogP contribution >= 0.6 is 0 Å². The van der Waals surface area contributed by atoms with Crippen LogP contribution in [0.25, 0.3) is 11.3 Å². The number of benzene rings is 1. The average Bonchev–Trinajstić information content (AvgIpc) is 3.13. The van der Waals surface area contributed by atoms with Crippen molar-refractivity contribution in [3.05, 3.63) is 59.1 Å². The van der Waals surface area contributed by atoms with Crippen LogP contribution in [0.3, 0.4) is 0 Å². The van der Waals surface area contributed by atoms with Gasteiger partial charge in [0.15, 0.2) is 0 Å². The van der Waals surface area contributed by atoms with Gasteiger partial charge in [-0.05, 0) is 50.4 Å². The first kappa shape index (κ1) is 16.4. The largest absolute Gasteiger partial charge is 0.361 e. The normalized spacial score (nSPS) is 17.4. The second kappa shape index (κ2) is 6.46. The van der Waals surface area contributed by atoms with Gasteiger partial charge >= 0.3 is 0 Å². The highest BCUT2D eigenvalue weighted by Crippen LogP contribution is 2.46. The van der Waals surface area contributed by atoms with Crippen molar-refractivity contribution in [2.75, 3.05) is 18.4 Å². The maximum atomic E-state index is 5.12. The Kier molecular flexibility index (Phi) is 3.93. The van der Waals surface area contributed by atoms with Gasteiger partial charge in [-0.1, -0.05) is 29.4 Å². The summed E-state index contributed by atoms with van der Waals surface area (Å²) in [7, 11) is 0. The molecule has 0 unspecified atom stereocenters. The van der Waals surface area contributed by atoms with Crippen molar-refractivity contribution < 1.29 is 4.52 Å². The molecule has 3 heterocycles. The van der Waals surface area contributed by atoms with Gasteiger partial charge in [0.1, 0.15) is 11.5 Å². The second-order valence-electron chi connectivity index (χ2n) is 7.60. The third kappa shape index (κ3) is 2.90. The summed E-state index contributed by atoms with van der Waals surface area (Å²) in [5, 5.41) is 10.8. The summed E-state index contributed by atoms with van der Waals surface area (Å²) in [4.78, 5) is 9.43. The van der Waals surface area contributed by atoms with Crippen LogP contribution in [0.1, 0.15) is 35.4 Å². The lowest BCUT2D eigenvalue weighted by molar-refractivity contribution is 0.302. The molecule has 2 aromatic heterocycles. The van der Waals surface area contributed by atoms with Gasteiger partial charge in [0, 0.05) is 23.2 Å². The predicted molar refractivity (Wildman–Crippen MR) is 104 cm³/mol. The summed E-state index contributed by atoms with van der Waals surface area (Å²) in [6.45, 7) is 4.58. The van der Waals surface area contributed by atoms with E-state index in [1.807, 2.05) is 19.2 Å². The molecule has 0 radical (unpaired) electrons. The molecule has 2 aliphatic rings. The number of piperidine rings is 1. The minimum atomic E-state index is 0.214. The minimum absolute atomic E-state index is 0.214. The molecule has 0 saturated carbocycles. The molecule has 0 atom stereocenters. The molecule has 1 aliphatic carbocycles. The van der Waals surface area contributed by atoms with Crippen LogP contribution in [0.4, 0.5) is 5.95 Å². The van der Waals surface area contributed by atoms with Gasteiger partial charge < -0.3 is 15.2 Å². The van der Waals surface area contributed by atoms with Crippen molar-refractivity contribution in [2.24, 2.45) is 0 Å². The summed E-state index contributed by atoms with van der Waals surface area (Å²) in [5.41, 5.74) is 6.06. The van der Waals surface area contributed by atoms with Gasteiger partial charge in [0.2, 0.25) is 5.95 Å².